The maximum atomic E-state index is 11.7. The lowest BCUT2D eigenvalue weighted by Gasteiger charge is -2.09. The van der Waals surface area contributed by atoms with Gasteiger partial charge in [-0.15, -0.1) is 0 Å². The van der Waals surface area contributed by atoms with Gasteiger partial charge in [-0.25, -0.2) is 0 Å². The highest BCUT2D eigenvalue weighted by molar-refractivity contribution is 6.31. The van der Waals surface area contributed by atoms with Gasteiger partial charge in [-0.2, -0.15) is 18.7 Å². The Morgan fingerprint density at radius 3 is 2.53 bits per heavy atom. The minimum atomic E-state index is -4.33. The van der Waals surface area contributed by atoms with Crippen LogP contribution in [0.5, 0.6) is 0 Å². The molecule has 1 rings (SSSR count). The van der Waals surface area contributed by atoms with Crippen molar-refractivity contribution in [1.29, 1.82) is 0 Å². The molecule has 0 bridgehead atoms. The molecule has 6 heteroatoms. The number of benzene rings is 1. The van der Waals surface area contributed by atoms with Crippen LogP contribution in [-0.4, -0.2) is 12.8 Å². The van der Waals surface area contributed by atoms with Crippen molar-refractivity contribution < 1.29 is 18.0 Å². The second-order valence-electron chi connectivity index (χ2n) is 2.82. The van der Waals surface area contributed by atoms with E-state index in [0.717, 1.165) is 0 Å². The van der Waals surface area contributed by atoms with Gasteiger partial charge in [0, 0.05) is 11.6 Å². The van der Waals surface area contributed by atoms with Gasteiger partial charge in [-0.1, -0.05) is 29.8 Å². The van der Waals surface area contributed by atoms with E-state index in [0.29, 0.717) is 10.6 Å². The van der Waals surface area contributed by atoms with Crippen LogP contribution in [0.25, 0.3) is 0 Å². The smallest absolute Gasteiger partial charge is 0.292 e. The van der Waals surface area contributed by atoms with Crippen molar-refractivity contribution in [3.8, 4) is 0 Å². The molecule has 0 spiro atoms. The fourth-order valence-corrected chi connectivity index (χ4v) is 1.11. The van der Waals surface area contributed by atoms with Crippen LogP contribution >= 0.6 is 11.6 Å². The molecular weight excluding hydrogens is 231 g/mol. The summed E-state index contributed by atoms with van der Waals surface area (Å²) in [4.78, 5) is 4.22. The van der Waals surface area contributed by atoms with Crippen LogP contribution in [0, 0.1) is 0 Å². The average Bonchev–Trinajstić information content (AvgIpc) is 2.13. The minimum Gasteiger partial charge on any atom is -0.292 e. The monoisotopic (exact) mass is 239 g/mol. The topological polar surface area (TPSA) is 21.3 Å². The Kier molecular flexibility index (Phi) is 4.38. The van der Waals surface area contributed by atoms with Gasteiger partial charge in [-0.05, 0) is 11.6 Å². The van der Waals surface area contributed by atoms with Crippen molar-refractivity contribution in [3.05, 3.63) is 34.9 Å². The molecule has 0 saturated carbocycles. The van der Waals surface area contributed by atoms with E-state index >= 15 is 0 Å². The van der Waals surface area contributed by atoms with Gasteiger partial charge in [0.25, 0.3) is 0 Å². The number of nitrogens with one attached hydrogen (secondary N) is 1. The molecule has 0 saturated heterocycles. The SMILES string of the molecule is FC(F)(F)CONCc1ccccc1Cl. The van der Waals surface area contributed by atoms with E-state index in [2.05, 4.69) is 10.3 Å². The summed E-state index contributed by atoms with van der Waals surface area (Å²) in [6.45, 7) is -1.19. The molecule has 1 N–H and O–H groups in total. The third-order valence-electron chi connectivity index (χ3n) is 1.56. The van der Waals surface area contributed by atoms with E-state index in [1.807, 2.05) is 0 Å². The van der Waals surface area contributed by atoms with Crippen molar-refractivity contribution in [2.24, 2.45) is 0 Å². The first-order valence-corrected chi connectivity index (χ1v) is 4.51. The number of hydroxylamine groups is 1. The number of alkyl halides is 3. The number of halogens is 4. The van der Waals surface area contributed by atoms with E-state index in [1.54, 1.807) is 24.3 Å². The van der Waals surface area contributed by atoms with Crippen LogP contribution in [0.4, 0.5) is 13.2 Å². The molecule has 0 aliphatic rings. The Balaban J connectivity index is 2.30. The van der Waals surface area contributed by atoms with Crippen LogP contribution in [-0.2, 0) is 11.4 Å². The third-order valence-corrected chi connectivity index (χ3v) is 1.93. The highest BCUT2D eigenvalue weighted by Crippen LogP contribution is 2.15. The lowest BCUT2D eigenvalue weighted by molar-refractivity contribution is -0.190. The highest BCUT2D eigenvalue weighted by atomic mass is 35.5. The van der Waals surface area contributed by atoms with Gasteiger partial charge in [0.2, 0.25) is 0 Å². The quantitative estimate of drug-likeness (QED) is 0.644. The van der Waals surface area contributed by atoms with Crippen molar-refractivity contribution in [2.75, 3.05) is 6.61 Å². The molecule has 15 heavy (non-hydrogen) atoms. The van der Waals surface area contributed by atoms with Crippen molar-refractivity contribution in [2.45, 2.75) is 12.7 Å². The van der Waals surface area contributed by atoms with E-state index < -0.39 is 12.8 Å². The molecule has 0 aromatic heterocycles. The van der Waals surface area contributed by atoms with Gasteiger partial charge in [0.1, 0.15) is 0 Å². The summed E-state index contributed by atoms with van der Waals surface area (Å²) < 4.78 is 35.0. The molecule has 0 fully saturated rings. The first-order valence-electron chi connectivity index (χ1n) is 4.14. The predicted octanol–water partition coefficient (Wildman–Crippen LogP) is 2.92. The second kappa shape index (κ2) is 5.34. The zero-order valence-corrected chi connectivity index (χ0v) is 8.40. The predicted molar refractivity (Wildman–Crippen MR) is 50.3 cm³/mol. The molecule has 0 aliphatic carbocycles. The number of rotatable bonds is 4. The molecule has 84 valence electrons. The Morgan fingerprint density at radius 1 is 1.27 bits per heavy atom. The normalized spacial score (nSPS) is 11.7. The molecule has 2 nitrogen and oxygen atoms in total. The summed E-state index contributed by atoms with van der Waals surface area (Å²) in [7, 11) is 0. The van der Waals surface area contributed by atoms with E-state index in [1.165, 1.54) is 0 Å². The van der Waals surface area contributed by atoms with Crippen LogP contribution in [0.1, 0.15) is 5.56 Å². The number of hydrogen-bond acceptors (Lipinski definition) is 2. The maximum Gasteiger partial charge on any atom is 0.413 e. The maximum absolute atomic E-state index is 11.7. The van der Waals surface area contributed by atoms with Gasteiger partial charge in [-0.3, -0.25) is 4.84 Å². The van der Waals surface area contributed by atoms with Crippen LogP contribution in [0.15, 0.2) is 24.3 Å². The average molecular weight is 240 g/mol. The van der Waals surface area contributed by atoms with Crippen molar-refractivity contribution in [1.82, 2.24) is 5.48 Å². The zero-order chi connectivity index (χ0) is 11.3. The molecule has 0 radical (unpaired) electrons. The molecule has 0 amide bonds. The summed E-state index contributed by atoms with van der Waals surface area (Å²) in [6.07, 6.45) is -4.33. The first-order chi connectivity index (χ1) is 6.99. The summed E-state index contributed by atoms with van der Waals surface area (Å²) in [5.41, 5.74) is 2.88. The summed E-state index contributed by atoms with van der Waals surface area (Å²) >= 11 is 5.78. The molecular formula is C9H9ClF3NO. The van der Waals surface area contributed by atoms with Gasteiger partial charge in [0.05, 0.1) is 0 Å². The van der Waals surface area contributed by atoms with E-state index in [4.69, 9.17) is 11.6 Å². The van der Waals surface area contributed by atoms with Gasteiger partial charge in [0.15, 0.2) is 6.61 Å². The van der Waals surface area contributed by atoms with Crippen molar-refractivity contribution >= 4 is 11.6 Å². The lowest BCUT2D eigenvalue weighted by Crippen LogP contribution is -2.24. The molecule has 0 unspecified atom stereocenters. The Labute approximate surface area is 89.9 Å². The summed E-state index contributed by atoms with van der Waals surface area (Å²) in [5.74, 6) is 0. The second-order valence-corrected chi connectivity index (χ2v) is 3.22. The Morgan fingerprint density at radius 2 is 1.93 bits per heavy atom. The fraction of sp³-hybridized carbons (Fsp3) is 0.333. The van der Waals surface area contributed by atoms with E-state index in [9.17, 15) is 13.2 Å². The highest BCUT2D eigenvalue weighted by Gasteiger charge is 2.27. The molecule has 0 atom stereocenters. The first kappa shape index (κ1) is 12.3. The molecule has 0 heterocycles. The Hall–Kier alpha value is -0.780. The van der Waals surface area contributed by atoms with Crippen LogP contribution in [0.2, 0.25) is 5.02 Å². The van der Waals surface area contributed by atoms with Gasteiger partial charge >= 0.3 is 6.18 Å². The minimum absolute atomic E-state index is 0.135. The van der Waals surface area contributed by atoms with Crippen LogP contribution < -0.4 is 5.48 Å². The fourth-order valence-electron chi connectivity index (χ4n) is 0.903. The van der Waals surface area contributed by atoms with Crippen molar-refractivity contribution in [3.63, 3.8) is 0 Å². The summed E-state index contributed by atoms with van der Waals surface area (Å²) in [5, 5.41) is 0.487. The van der Waals surface area contributed by atoms with E-state index in [-0.39, 0.29) is 6.54 Å². The molecule has 0 aliphatic heterocycles. The Bertz CT molecular complexity index is 316. The van der Waals surface area contributed by atoms with Crippen LogP contribution in [0.3, 0.4) is 0 Å². The molecule has 1 aromatic carbocycles. The third kappa shape index (κ3) is 5.01. The molecule has 1 aromatic rings. The standard InChI is InChI=1S/C9H9ClF3NO/c10-8-4-2-1-3-7(8)5-14-15-6-9(11,12)13/h1-4,14H,5-6H2. The van der Waals surface area contributed by atoms with Gasteiger partial charge < -0.3 is 0 Å². The summed E-state index contributed by atoms with van der Waals surface area (Å²) in [6, 6.07) is 6.84. The number of hydrogen-bond donors (Lipinski definition) is 1. The largest absolute Gasteiger partial charge is 0.413 e. The lowest BCUT2D eigenvalue weighted by atomic mass is 10.2. The zero-order valence-electron chi connectivity index (χ0n) is 7.64.